The van der Waals surface area contributed by atoms with E-state index in [1.807, 2.05) is 13.0 Å². The van der Waals surface area contributed by atoms with Crippen LogP contribution in [0.3, 0.4) is 0 Å². The predicted molar refractivity (Wildman–Crippen MR) is 62.1 cm³/mol. The van der Waals surface area contributed by atoms with E-state index in [0.717, 1.165) is 43.5 Å². The van der Waals surface area contributed by atoms with Gasteiger partial charge in [-0.3, -0.25) is 0 Å². The van der Waals surface area contributed by atoms with E-state index < -0.39 is 5.82 Å². The number of phenols is 1. The van der Waals surface area contributed by atoms with Crippen LogP contribution in [-0.2, 0) is 6.42 Å². The molecule has 2 nitrogen and oxygen atoms in total. The maximum absolute atomic E-state index is 13.3. The van der Waals surface area contributed by atoms with Crippen molar-refractivity contribution < 1.29 is 9.50 Å². The molecule has 1 saturated heterocycles. The van der Waals surface area contributed by atoms with Gasteiger partial charge in [-0.1, -0.05) is 6.07 Å². The molecule has 0 saturated carbocycles. The maximum Gasteiger partial charge on any atom is 0.165 e. The zero-order chi connectivity index (χ0) is 11.5. The summed E-state index contributed by atoms with van der Waals surface area (Å²) in [6, 6.07) is 3.27. The Morgan fingerprint density at radius 1 is 1.38 bits per heavy atom. The molecule has 3 heteroatoms. The SMILES string of the molecule is Cc1cc(F)c(O)c(CC2CCNCC2)c1. The van der Waals surface area contributed by atoms with E-state index in [1.54, 1.807) is 0 Å². The number of aryl methyl sites for hydroxylation is 1. The summed E-state index contributed by atoms with van der Waals surface area (Å²) in [5, 5.41) is 13.0. The molecule has 1 aromatic carbocycles. The van der Waals surface area contributed by atoms with Crippen LogP contribution in [0.1, 0.15) is 24.0 Å². The van der Waals surface area contributed by atoms with Gasteiger partial charge in [-0.15, -0.1) is 0 Å². The second kappa shape index (κ2) is 4.83. The van der Waals surface area contributed by atoms with E-state index in [0.29, 0.717) is 5.92 Å². The Kier molecular flexibility index (Phi) is 3.44. The third-order valence-electron chi connectivity index (χ3n) is 3.25. The predicted octanol–water partition coefficient (Wildman–Crippen LogP) is 2.38. The number of piperidine rings is 1. The summed E-state index contributed by atoms with van der Waals surface area (Å²) in [4.78, 5) is 0. The normalized spacial score (nSPS) is 17.6. The molecule has 0 radical (unpaired) electrons. The first-order valence-corrected chi connectivity index (χ1v) is 5.85. The monoisotopic (exact) mass is 223 g/mol. The van der Waals surface area contributed by atoms with Crippen molar-refractivity contribution in [3.63, 3.8) is 0 Å². The van der Waals surface area contributed by atoms with Gasteiger partial charge in [0.25, 0.3) is 0 Å². The van der Waals surface area contributed by atoms with Crippen molar-refractivity contribution in [3.05, 3.63) is 29.1 Å². The highest BCUT2D eigenvalue weighted by molar-refractivity contribution is 5.37. The molecule has 0 unspecified atom stereocenters. The summed E-state index contributed by atoms with van der Waals surface area (Å²) in [6.07, 6.45) is 3.00. The second-order valence-corrected chi connectivity index (χ2v) is 4.65. The Bertz CT molecular complexity index is 372. The minimum Gasteiger partial charge on any atom is -0.505 e. The van der Waals surface area contributed by atoms with Crippen LogP contribution in [0.4, 0.5) is 4.39 Å². The van der Waals surface area contributed by atoms with E-state index >= 15 is 0 Å². The van der Waals surface area contributed by atoms with Crippen molar-refractivity contribution in [2.75, 3.05) is 13.1 Å². The molecule has 1 fully saturated rings. The molecular weight excluding hydrogens is 205 g/mol. The first-order chi connectivity index (χ1) is 7.66. The molecule has 2 rings (SSSR count). The summed E-state index contributed by atoms with van der Waals surface area (Å²) in [7, 11) is 0. The number of hydrogen-bond acceptors (Lipinski definition) is 2. The minimum absolute atomic E-state index is 0.163. The lowest BCUT2D eigenvalue weighted by Crippen LogP contribution is -2.28. The second-order valence-electron chi connectivity index (χ2n) is 4.65. The van der Waals surface area contributed by atoms with E-state index in [2.05, 4.69) is 5.32 Å². The number of nitrogens with one attached hydrogen (secondary N) is 1. The van der Waals surface area contributed by atoms with Crippen LogP contribution in [-0.4, -0.2) is 18.2 Å². The number of phenolic OH excluding ortho intramolecular Hbond substituents is 1. The van der Waals surface area contributed by atoms with E-state index in [-0.39, 0.29) is 5.75 Å². The molecule has 88 valence electrons. The van der Waals surface area contributed by atoms with Crippen molar-refractivity contribution in [1.82, 2.24) is 5.32 Å². The smallest absolute Gasteiger partial charge is 0.165 e. The van der Waals surface area contributed by atoms with Gasteiger partial charge in [-0.2, -0.15) is 0 Å². The molecule has 2 N–H and O–H groups in total. The van der Waals surface area contributed by atoms with Crippen molar-refractivity contribution >= 4 is 0 Å². The van der Waals surface area contributed by atoms with Gasteiger partial charge in [-0.25, -0.2) is 4.39 Å². The molecule has 16 heavy (non-hydrogen) atoms. The summed E-state index contributed by atoms with van der Waals surface area (Å²) in [6.45, 7) is 3.91. The van der Waals surface area contributed by atoms with Crippen LogP contribution in [0.5, 0.6) is 5.75 Å². The third-order valence-corrected chi connectivity index (χ3v) is 3.25. The first-order valence-electron chi connectivity index (χ1n) is 5.85. The number of benzene rings is 1. The average molecular weight is 223 g/mol. The fourth-order valence-electron chi connectivity index (χ4n) is 2.36. The van der Waals surface area contributed by atoms with Crippen molar-refractivity contribution in [2.45, 2.75) is 26.2 Å². The molecule has 1 heterocycles. The lowest BCUT2D eigenvalue weighted by molar-refractivity contribution is 0.362. The van der Waals surface area contributed by atoms with Gasteiger partial charge >= 0.3 is 0 Å². The Labute approximate surface area is 95.5 Å². The average Bonchev–Trinajstić information content (AvgIpc) is 2.27. The molecule has 0 aromatic heterocycles. The van der Waals surface area contributed by atoms with Crippen molar-refractivity contribution in [3.8, 4) is 5.75 Å². The fourth-order valence-corrected chi connectivity index (χ4v) is 2.36. The molecule has 1 aliphatic heterocycles. The van der Waals surface area contributed by atoms with E-state index in [1.165, 1.54) is 6.07 Å². The Morgan fingerprint density at radius 3 is 2.75 bits per heavy atom. The van der Waals surface area contributed by atoms with Crippen LogP contribution in [0.15, 0.2) is 12.1 Å². The molecule has 1 aliphatic rings. The molecular formula is C13H18FNO. The molecule has 0 bridgehead atoms. The first kappa shape index (κ1) is 11.4. The zero-order valence-corrected chi connectivity index (χ0v) is 9.59. The highest BCUT2D eigenvalue weighted by Gasteiger charge is 2.17. The maximum atomic E-state index is 13.3. The number of rotatable bonds is 2. The van der Waals surface area contributed by atoms with Gasteiger partial charge in [0.05, 0.1) is 0 Å². The minimum atomic E-state index is -0.496. The van der Waals surface area contributed by atoms with Gasteiger partial charge in [0.2, 0.25) is 0 Å². The summed E-state index contributed by atoms with van der Waals surface area (Å²) < 4.78 is 13.3. The van der Waals surface area contributed by atoms with Crippen LogP contribution in [0.2, 0.25) is 0 Å². The van der Waals surface area contributed by atoms with Gasteiger partial charge < -0.3 is 10.4 Å². The van der Waals surface area contributed by atoms with Crippen LogP contribution < -0.4 is 5.32 Å². The Balaban J connectivity index is 2.13. The van der Waals surface area contributed by atoms with E-state index in [4.69, 9.17) is 0 Å². The zero-order valence-electron chi connectivity index (χ0n) is 9.59. The molecule has 0 amide bonds. The topological polar surface area (TPSA) is 32.3 Å². The number of halogens is 1. The lowest BCUT2D eigenvalue weighted by atomic mass is 9.90. The van der Waals surface area contributed by atoms with Gasteiger partial charge in [0.15, 0.2) is 11.6 Å². The Morgan fingerprint density at radius 2 is 2.06 bits per heavy atom. The van der Waals surface area contributed by atoms with Crippen LogP contribution in [0.25, 0.3) is 0 Å². The summed E-state index contributed by atoms with van der Waals surface area (Å²) in [5.41, 5.74) is 1.63. The third kappa shape index (κ3) is 2.53. The largest absolute Gasteiger partial charge is 0.505 e. The van der Waals surface area contributed by atoms with Crippen LogP contribution >= 0.6 is 0 Å². The van der Waals surface area contributed by atoms with Crippen molar-refractivity contribution in [2.24, 2.45) is 5.92 Å². The quantitative estimate of drug-likeness (QED) is 0.806. The van der Waals surface area contributed by atoms with Crippen LogP contribution in [0, 0.1) is 18.7 Å². The van der Waals surface area contributed by atoms with Gasteiger partial charge in [-0.05, 0) is 62.4 Å². The lowest BCUT2D eigenvalue weighted by Gasteiger charge is -2.23. The number of hydrogen-bond donors (Lipinski definition) is 2. The van der Waals surface area contributed by atoms with Gasteiger partial charge in [0, 0.05) is 0 Å². The van der Waals surface area contributed by atoms with Gasteiger partial charge in [0.1, 0.15) is 0 Å². The molecule has 0 aliphatic carbocycles. The Hall–Kier alpha value is -1.09. The molecule has 0 spiro atoms. The highest BCUT2D eigenvalue weighted by Crippen LogP contribution is 2.27. The van der Waals surface area contributed by atoms with E-state index in [9.17, 15) is 9.50 Å². The number of aromatic hydroxyl groups is 1. The summed E-state index contributed by atoms with van der Waals surface area (Å²) in [5.74, 6) is -0.0959. The standard InChI is InChI=1S/C13H18FNO/c1-9-6-11(13(16)12(14)7-9)8-10-2-4-15-5-3-10/h6-7,10,15-16H,2-5,8H2,1H3. The summed E-state index contributed by atoms with van der Waals surface area (Å²) >= 11 is 0. The molecule has 0 atom stereocenters. The molecule has 1 aromatic rings. The fraction of sp³-hybridized carbons (Fsp3) is 0.538. The van der Waals surface area contributed by atoms with Crippen molar-refractivity contribution in [1.29, 1.82) is 0 Å². The highest BCUT2D eigenvalue weighted by atomic mass is 19.1.